The maximum Gasteiger partial charge on any atom is 0.223 e. The predicted octanol–water partition coefficient (Wildman–Crippen LogP) is -0.318. The van der Waals surface area contributed by atoms with Gasteiger partial charge in [-0.1, -0.05) is 6.92 Å². The van der Waals surface area contributed by atoms with Crippen molar-refractivity contribution in [1.82, 2.24) is 10.6 Å². The normalized spacial score (nSPS) is 27.7. The molecular weight excluding hydrogens is 212 g/mol. The Morgan fingerprint density at radius 2 is 2.40 bits per heavy atom. The zero-order chi connectivity index (χ0) is 11.3. The molecular formula is C10H20N2O2S. The SMILES string of the molecule is CSCC(C)C(=O)NCC1CNCC1O. The van der Waals surface area contributed by atoms with Crippen molar-refractivity contribution in [2.45, 2.75) is 13.0 Å². The number of nitrogens with one attached hydrogen (secondary N) is 2. The molecule has 1 saturated heterocycles. The van der Waals surface area contributed by atoms with E-state index in [2.05, 4.69) is 10.6 Å². The van der Waals surface area contributed by atoms with Crippen LogP contribution >= 0.6 is 11.8 Å². The molecule has 1 heterocycles. The van der Waals surface area contributed by atoms with Crippen LogP contribution in [0.3, 0.4) is 0 Å². The number of carbonyl (C=O) groups is 1. The van der Waals surface area contributed by atoms with Crippen LogP contribution in [0.25, 0.3) is 0 Å². The lowest BCUT2D eigenvalue weighted by atomic mass is 10.1. The number of thioether (sulfide) groups is 1. The van der Waals surface area contributed by atoms with Crippen molar-refractivity contribution in [1.29, 1.82) is 0 Å². The third-order valence-electron chi connectivity index (χ3n) is 2.71. The molecule has 1 aliphatic rings. The van der Waals surface area contributed by atoms with Crippen LogP contribution in [0.4, 0.5) is 0 Å². The van der Waals surface area contributed by atoms with E-state index in [4.69, 9.17) is 0 Å². The summed E-state index contributed by atoms with van der Waals surface area (Å²) >= 11 is 1.67. The summed E-state index contributed by atoms with van der Waals surface area (Å²) in [5.41, 5.74) is 0. The Morgan fingerprint density at radius 1 is 1.67 bits per heavy atom. The molecule has 0 radical (unpaired) electrons. The number of amides is 1. The minimum atomic E-state index is -0.318. The number of hydrogen-bond donors (Lipinski definition) is 3. The summed E-state index contributed by atoms with van der Waals surface area (Å²) in [7, 11) is 0. The monoisotopic (exact) mass is 232 g/mol. The van der Waals surface area contributed by atoms with E-state index in [0.717, 1.165) is 12.3 Å². The van der Waals surface area contributed by atoms with Gasteiger partial charge >= 0.3 is 0 Å². The maximum absolute atomic E-state index is 11.6. The molecule has 3 unspecified atom stereocenters. The van der Waals surface area contributed by atoms with Crippen molar-refractivity contribution in [3.05, 3.63) is 0 Å². The van der Waals surface area contributed by atoms with Gasteiger partial charge < -0.3 is 15.7 Å². The Balaban J connectivity index is 2.21. The number of aliphatic hydroxyl groups excluding tert-OH is 1. The fourth-order valence-corrected chi connectivity index (χ4v) is 2.31. The van der Waals surface area contributed by atoms with Crippen LogP contribution in [-0.4, -0.2) is 48.8 Å². The molecule has 0 aromatic carbocycles. The smallest absolute Gasteiger partial charge is 0.223 e. The molecule has 1 amide bonds. The zero-order valence-electron chi connectivity index (χ0n) is 9.32. The van der Waals surface area contributed by atoms with E-state index >= 15 is 0 Å². The third-order valence-corrected chi connectivity index (χ3v) is 3.54. The van der Waals surface area contributed by atoms with E-state index in [1.54, 1.807) is 11.8 Å². The highest BCUT2D eigenvalue weighted by molar-refractivity contribution is 7.98. The first-order valence-corrected chi connectivity index (χ1v) is 6.70. The van der Waals surface area contributed by atoms with Crippen molar-refractivity contribution in [2.24, 2.45) is 11.8 Å². The first kappa shape index (κ1) is 12.8. The zero-order valence-corrected chi connectivity index (χ0v) is 10.1. The van der Waals surface area contributed by atoms with Crippen LogP contribution in [-0.2, 0) is 4.79 Å². The van der Waals surface area contributed by atoms with Crippen molar-refractivity contribution in [2.75, 3.05) is 31.6 Å². The van der Waals surface area contributed by atoms with Crippen LogP contribution in [0.1, 0.15) is 6.92 Å². The van der Waals surface area contributed by atoms with Crippen LogP contribution in [0.5, 0.6) is 0 Å². The number of β-amino-alcohol motifs (C(OH)–C–C–N with tert-alkyl or cyclic N) is 1. The van der Waals surface area contributed by atoms with Crippen LogP contribution in [0.15, 0.2) is 0 Å². The molecule has 15 heavy (non-hydrogen) atoms. The van der Waals surface area contributed by atoms with Gasteiger partial charge in [0.2, 0.25) is 5.91 Å². The van der Waals surface area contributed by atoms with Crippen molar-refractivity contribution >= 4 is 17.7 Å². The Labute approximate surface area is 95.2 Å². The minimum Gasteiger partial charge on any atom is -0.391 e. The Morgan fingerprint density at radius 3 is 2.93 bits per heavy atom. The highest BCUT2D eigenvalue weighted by Gasteiger charge is 2.25. The highest BCUT2D eigenvalue weighted by atomic mass is 32.2. The summed E-state index contributed by atoms with van der Waals surface area (Å²) in [6, 6.07) is 0. The second-order valence-corrected chi connectivity index (χ2v) is 5.00. The lowest BCUT2D eigenvalue weighted by molar-refractivity contribution is -0.124. The second-order valence-electron chi connectivity index (χ2n) is 4.09. The van der Waals surface area contributed by atoms with Crippen LogP contribution in [0.2, 0.25) is 0 Å². The third kappa shape index (κ3) is 4.01. The molecule has 3 atom stereocenters. The molecule has 0 bridgehead atoms. The quantitative estimate of drug-likeness (QED) is 0.608. The minimum absolute atomic E-state index is 0.0477. The molecule has 0 aromatic rings. The fraction of sp³-hybridized carbons (Fsp3) is 0.900. The molecule has 0 saturated carbocycles. The number of aliphatic hydroxyl groups is 1. The number of hydrogen-bond acceptors (Lipinski definition) is 4. The van der Waals surface area contributed by atoms with Gasteiger partial charge in [0.25, 0.3) is 0 Å². The fourth-order valence-electron chi connectivity index (χ4n) is 1.66. The first-order chi connectivity index (χ1) is 7.15. The first-order valence-electron chi connectivity index (χ1n) is 5.30. The Hall–Kier alpha value is -0.260. The summed E-state index contributed by atoms with van der Waals surface area (Å²) in [5.74, 6) is 1.14. The van der Waals surface area contributed by atoms with Gasteiger partial charge in [0.15, 0.2) is 0 Å². The van der Waals surface area contributed by atoms with E-state index in [9.17, 15) is 9.90 Å². The Bertz CT molecular complexity index is 214. The van der Waals surface area contributed by atoms with Crippen LogP contribution < -0.4 is 10.6 Å². The van der Waals surface area contributed by atoms with Crippen molar-refractivity contribution < 1.29 is 9.90 Å². The van der Waals surface area contributed by atoms with Gasteiger partial charge in [-0.25, -0.2) is 0 Å². The molecule has 5 heteroatoms. The van der Waals surface area contributed by atoms with Crippen LogP contribution in [0, 0.1) is 11.8 Å². The van der Waals surface area contributed by atoms with E-state index in [1.807, 2.05) is 13.2 Å². The topological polar surface area (TPSA) is 61.4 Å². The molecule has 0 aromatic heterocycles. The standard InChI is InChI=1S/C10H20N2O2S/c1-7(6-15-2)10(14)12-4-8-3-11-5-9(8)13/h7-9,11,13H,3-6H2,1-2H3,(H,12,14). The average molecular weight is 232 g/mol. The molecule has 0 aliphatic carbocycles. The predicted molar refractivity (Wildman–Crippen MR) is 62.9 cm³/mol. The molecule has 3 N–H and O–H groups in total. The van der Waals surface area contributed by atoms with E-state index in [1.165, 1.54) is 0 Å². The molecule has 88 valence electrons. The lowest BCUT2D eigenvalue weighted by Crippen LogP contribution is -2.37. The van der Waals surface area contributed by atoms with Gasteiger partial charge in [-0.2, -0.15) is 11.8 Å². The number of rotatable bonds is 5. The Kier molecular flexibility index (Phi) is 5.42. The molecule has 4 nitrogen and oxygen atoms in total. The van der Waals surface area contributed by atoms with Crippen molar-refractivity contribution in [3.63, 3.8) is 0 Å². The van der Waals surface area contributed by atoms with E-state index < -0.39 is 0 Å². The summed E-state index contributed by atoms with van der Waals surface area (Å²) < 4.78 is 0. The van der Waals surface area contributed by atoms with Gasteiger partial charge in [0, 0.05) is 37.2 Å². The molecule has 0 spiro atoms. The summed E-state index contributed by atoms with van der Waals surface area (Å²) in [6.45, 7) is 3.93. The van der Waals surface area contributed by atoms with Gasteiger partial charge in [0.05, 0.1) is 6.10 Å². The number of carbonyl (C=O) groups excluding carboxylic acids is 1. The maximum atomic E-state index is 11.6. The molecule has 1 fully saturated rings. The summed E-state index contributed by atoms with van der Waals surface area (Å²) in [5, 5.41) is 15.5. The van der Waals surface area contributed by atoms with Gasteiger partial charge in [-0.3, -0.25) is 4.79 Å². The molecule has 1 aliphatic heterocycles. The van der Waals surface area contributed by atoms with E-state index in [0.29, 0.717) is 13.1 Å². The second kappa shape index (κ2) is 6.35. The van der Waals surface area contributed by atoms with Gasteiger partial charge in [0.1, 0.15) is 0 Å². The molecule has 1 rings (SSSR count). The summed E-state index contributed by atoms with van der Waals surface area (Å²) in [6.07, 6.45) is 1.68. The van der Waals surface area contributed by atoms with E-state index in [-0.39, 0.29) is 23.8 Å². The largest absolute Gasteiger partial charge is 0.391 e. The summed E-state index contributed by atoms with van der Waals surface area (Å²) in [4.78, 5) is 11.6. The van der Waals surface area contributed by atoms with Gasteiger partial charge in [-0.15, -0.1) is 0 Å². The lowest BCUT2D eigenvalue weighted by Gasteiger charge is -2.16. The average Bonchev–Trinajstić information content (AvgIpc) is 2.61. The highest BCUT2D eigenvalue weighted by Crippen LogP contribution is 2.08. The van der Waals surface area contributed by atoms with Gasteiger partial charge in [-0.05, 0) is 6.26 Å². The van der Waals surface area contributed by atoms with Crippen molar-refractivity contribution in [3.8, 4) is 0 Å².